The van der Waals surface area contributed by atoms with E-state index < -0.39 is 0 Å². The van der Waals surface area contributed by atoms with Crippen molar-refractivity contribution in [2.45, 2.75) is 52.1 Å². The molecular formula is C14H27ClN4O. The third-order valence-electron chi connectivity index (χ3n) is 3.65. The zero-order valence-corrected chi connectivity index (χ0v) is 13.6. The summed E-state index contributed by atoms with van der Waals surface area (Å²) in [5.41, 5.74) is 0. The van der Waals surface area contributed by atoms with E-state index in [-0.39, 0.29) is 12.4 Å². The minimum Gasteiger partial charge on any atom is -0.338 e. The van der Waals surface area contributed by atoms with E-state index in [0.29, 0.717) is 12.0 Å². The highest BCUT2D eigenvalue weighted by Crippen LogP contribution is 2.14. The van der Waals surface area contributed by atoms with E-state index in [1.807, 2.05) is 0 Å². The van der Waals surface area contributed by atoms with Gasteiger partial charge in [0.05, 0.1) is 6.54 Å². The van der Waals surface area contributed by atoms with Crippen LogP contribution in [0.3, 0.4) is 0 Å². The van der Waals surface area contributed by atoms with Gasteiger partial charge in [-0.1, -0.05) is 19.0 Å². The first-order valence-electron chi connectivity index (χ1n) is 7.37. The minimum atomic E-state index is 0. The maximum absolute atomic E-state index is 5.34. The molecule has 1 aromatic rings. The number of nitrogens with zero attached hydrogens (tertiary/aromatic N) is 3. The molecule has 1 aliphatic heterocycles. The Hall–Kier alpha value is -0.650. The lowest BCUT2D eigenvalue weighted by Gasteiger charge is -2.25. The van der Waals surface area contributed by atoms with Crippen molar-refractivity contribution in [3.8, 4) is 0 Å². The molecule has 0 saturated carbocycles. The molecule has 0 aliphatic carbocycles. The molecule has 5 nitrogen and oxygen atoms in total. The first kappa shape index (κ1) is 17.4. The highest BCUT2D eigenvalue weighted by atomic mass is 35.5. The van der Waals surface area contributed by atoms with Crippen LogP contribution in [0.15, 0.2) is 4.52 Å². The molecule has 6 heteroatoms. The van der Waals surface area contributed by atoms with Crippen molar-refractivity contribution in [1.82, 2.24) is 20.4 Å². The van der Waals surface area contributed by atoms with Crippen molar-refractivity contribution in [1.29, 1.82) is 0 Å². The second-order valence-corrected chi connectivity index (χ2v) is 5.95. The van der Waals surface area contributed by atoms with Crippen molar-refractivity contribution in [3.63, 3.8) is 0 Å². The van der Waals surface area contributed by atoms with E-state index in [1.165, 1.54) is 19.3 Å². The van der Waals surface area contributed by atoms with E-state index in [2.05, 4.69) is 41.3 Å². The van der Waals surface area contributed by atoms with E-state index in [0.717, 1.165) is 37.8 Å². The van der Waals surface area contributed by atoms with Gasteiger partial charge in [-0.25, -0.2) is 0 Å². The monoisotopic (exact) mass is 302 g/mol. The van der Waals surface area contributed by atoms with Gasteiger partial charge in [-0.3, -0.25) is 4.90 Å². The lowest BCUT2D eigenvalue weighted by atomic mass is 10.1. The summed E-state index contributed by atoms with van der Waals surface area (Å²) in [6, 6.07) is 0.621. The minimum absolute atomic E-state index is 0. The third kappa shape index (κ3) is 5.38. The smallest absolute Gasteiger partial charge is 0.240 e. The molecule has 1 fully saturated rings. The second-order valence-electron chi connectivity index (χ2n) is 5.95. The molecule has 0 amide bonds. The van der Waals surface area contributed by atoms with Gasteiger partial charge in [-0.2, -0.15) is 4.98 Å². The van der Waals surface area contributed by atoms with Crippen LogP contribution < -0.4 is 5.32 Å². The summed E-state index contributed by atoms with van der Waals surface area (Å²) in [4.78, 5) is 6.82. The highest BCUT2D eigenvalue weighted by molar-refractivity contribution is 5.85. The first-order chi connectivity index (χ1) is 9.15. The zero-order chi connectivity index (χ0) is 13.7. The molecule has 2 rings (SSSR count). The van der Waals surface area contributed by atoms with Crippen LogP contribution in [0, 0.1) is 5.92 Å². The molecule has 2 heterocycles. The summed E-state index contributed by atoms with van der Waals surface area (Å²) >= 11 is 0. The van der Waals surface area contributed by atoms with Gasteiger partial charge < -0.3 is 9.84 Å². The van der Waals surface area contributed by atoms with Gasteiger partial charge in [-0.05, 0) is 45.3 Å². The fraction of sp³-hybridized carbons (Fsp3) is 0.857. The number of halogens is 1. The third-order valence-corrected chi connectivity index (χ3v) is 3.65. The molecule has 1 aromatic heterocycles. The zero-order valence-electron chi connectivity index (χ0n) is 12.8. The normalized spacial score (nSPS) is 19.9. The van der Waals surface area contributed by atoms with Crippen molar-refractivity contribution in [2.24, 2.45) is 5.92 Å². The molecule has 20 heavy (non-hydrogen) atoms. The van der Waals surface area contributed by atoms with Gasteiger partial charge in [0.25, 0.3) is 0 Å². The van der Waals surface area contributed by atoms with E-state index in [4.69, 9.17) is 4.52 Å². The Morgan fingerprint density at radius 1 is 1.35 bits per heavy atom. The summed E-state index contributed by atoms with van der Waals surface area (Å²) in [7, 11) is 2.16. The van der Waals surface area contributed by atoms with Crippen LogP contribution in [0.5, 0.6) is 0 Å². The molecule has 1 aliphatic rings. The topological polar surface area (TPSA) is 54.2 Å². The Morgan fingerprint density at radius 2 is 2.15 bits per heavy atom. The van der Waals surface area contributed by atoms with Gasteiger partial charge in [-0.15, -0.1) is 12.4 Å². The Kier molecular flexibility index (Phi) is 7.48. The van der Waals surface area contributed by atoms with Gasteiger partial charge in [0.1, 0.15) is 0 Å². The van der Waals surface area contributed by atoms with E-state index in [9.17, 15) is 0 Å². The second kappa shape index (κ2) is 8.60. The van der Waals surface area contributed by atoms with Gasteiger partial charge in [0, 0.05) is 12.5 Å². The summed E-state index contributed by atoms with van der Waals surface area (Å²) in [5, 5.41) is 7.49. The maximum Gasteiger partial charge on any atom is 0.240 e. The van der Waals surface area contributed by atoms with E-state index in [1.54, 1.807) is 0 Å². The number of nitrogens with one attached hydrogen (secondary N) is 1. The largest absolute Gasteiger partial charge is 0.338 e. The van der Waals surface area contributed by atoms with Crippen molar-refractivity contribution in [2.75, 3.05) is 20.1 Å². The predicted molar refractivity (Wildman–Crippen MR) is 82.1 cm³/mol. The van der Waals surface area contributed by atoms with Crippen molar-refractivity contribution < 1.29 is 4.52 Å². The molecule has 1 N–H and O–H groups in total. The summed E-state index contributed by atoms with van der Waals surface area (Å²) in [6.07, 6.45) is 4.58. The molecule has 0 aromatic carbocycles. The number of hydrogen-bond acceptors (Lipinski definition) is 5. The molecule has 1 saturated heterocycles. The maximum atomic E-state index is 5.34. The molecule has 1 unspecified atom stereocenters. The average Bonchev–Trinajstić information content (AvgIpc) is 2.64. The fourth-order valence-electron chi connectivity index (χ4n) is 2.59. The fourth-order valence-corrected chi connectivity index (χ4v) is 2.59. The summed E-state index contributed by atoms with van der Waals surface area (Å²) < 4.78 is 5.34. The first-order valence-corrected chi connectivity index (χ1v) is 7.37. The van der Waals surface area contributed by atoms with Gasteiger partial charge in [0.15, 0.2) is 5.82 Å². The van der Waals surface area contributed by atoms with Crippen LogP contribution in [0.4, 0.5) is 0 Å². The van der Waals surface area contributed by atoms with Crippen LogP contribution >= 0.6 is 12.4 Å². The predicted octanol–water partition coefficient (Wildman–Crippen LogP) is 2.26. The molecular weight excluding hydrogens is 276 g/mol. The molecule has 116 valence electrons. The van der Waals surface area contributed by atoms with E-state index >= 15 is 0 Å². The number of aromatic nitrogens is 2. The quantitative estimate of drug-likeness (QED) is 0.904. The van der Waals surface area contributed by atoms with Gasteiger partial charge in [0.2, 0.25) is 5.89 Å². The van der Waals surface area contributed by atoms with Crippen molar-refractivity contribution >= 4 is 12.4 Å². The van der Waals surface area contributed by atoms with Crippen LogP contribution in [-0.4, -0.2) is 41.2 Å². The Balaban J connectivity index is 0.00000200. The van der Waals surface area contributed by atoms with Crippen LogP contribution in [0.2, 0.25) is 0 Å². The van der Waals surface area contributed by atoms with Crippen molar-refractivity contribution in [3.05, 3.63) is 11.7 Å². The molecule has 1 atom stereocenters. The average molecular weight is 303 g/mol. The summed E-state index contributed by atoms with van der Waals surface area (Å²) in [6.45, 7) is 7.35. The Morgan fingerprint density at radius 3 is 2.90 bits per heavy atom. The SMILES string of the molecule is CC(C)Cc1noc(CN(C)C2CCCNCC2)n1.Cl. The number of hydrogen-bond donors (Lipinski definition) is 1. The Labute approximate surface area is 127 Å². The summed E-state index contributed by atoms with van der Waals surface area (Å²) in [5.74, 6) is 2.15. The van der Waals surface area contributed by atoms with Crippen LogP contribution in [0.25, 0.3) is 0 Å². The lowest BCUT2D eigenvalue weighted by molar-refractivity contribution is 0.190. The molecule has 0 radical (unpaired) electrons. The lowest BCUT2D eigenvalue weighted by Crippen LogP contribution is -2.32. The van der Waals surface area contributed by atoms with Gasteiger partial charge >= 0.3 is 0 Å². The Bertz CT molecular complexity index is 375. The molecule has 0 bridgehead atoms. The van der Waals surface area contributed by atoms with Crippen LogP contribution in [0.1, 0.15) is 44.8 Å². The molecule has 0 spiro atoms. The number of rotatable bonds is 5. The standard InChI is InChI=1S/C14H26N4O.ClH/c1-11(2)9-13-16-14(19-17-13)10-18(3)12-5-4-7-15-8-6-12;/h11-12,15H,4-10H2,1-3H3;1H. The van der Waals surface area contributed by atoms with Crippen LogP contribution in [-0.2, 0) is 13.0 Å². The highest BCUT2D eigenvalue weighted by Gasteiger charge is 2.19.